The molecule has 0 unspecified atom stereocenters. The van der Waals surface area contributed by atoms with Crippen LogP contribution in [-0.2, 0) is 6.18 Å². The molecule has 18 heavy (non-hydrogen) atoms. The molecule has 0 bridgehead atoms. The van der Waals surface area contributed by atoms with Crippen LogP contribution in [0.25, 0.3) is 0 Å². The normalized spacial score (nSPS) is 10.2. The van der Waals surface area contributed by atoms with Crippen LogP contribution in [0, 0.1) is 0 Å². The third-order valence-electron chi connectivity index (χ3n) is 1.78. The summed E-state index contributed by atoms with van der Waals surface area (Å²) < 4.78 is 42.5. The van der Waals surface area contributed by atoms with Crippen molar-refractivity contribution in [3.8, 4) is 5.75 Å². The molecule has 0 saturated carbocycles. The van der Waals surface area contributed by atoms with E-state index in [2.05, 4.69) is 0 Å². The number of hydrogen-bond donors (Lipinski definition) is 3. The molecule has 0 fully saturated rings. The molecule has 9 heteroatoms. The lowest BCUT2D eigenvalue weighted by molar-refractivity contribution is -0.138. The maximum atomic E-state index is 12.6. The van der Waals surface area contributed by atoms with Gasteiger partial charge in [0.25, 0.3) is 0 Å². The van der Waals surface area contributed by atoms with Crippen molar-refractivity contribution in [3.63, 3.8) is 0 Å². The molecule has 1 aromatic carbocycles. The van der Waals surface area contributed by atoms with Crippen molar-refractivity contribution in [1.82, 2.24) is 0 Å². The van der Waals surface area contributed by atoms with Gasteiger partial charge in [-0.15, -0.1) is 24.8 Å². The molecule has 0 aliphatic heterocycles. The lowest BCUT2D eigenvalue weighted by Crippen LogP contribution is -2.13. The SMILES string of the molecule is Cl.Cl.Nc1cc(N)c(OCCO)c(C(F)(F)F)c1. The Bertz CT molecular complexity index is 389. The van der Waals surface area contributed by atoms with E-state index in [4.69, 9.17) is 21.3 Å². The summed E-state index contributed by atoms with van der Waals surface area (Å²) in [6.07, 6.45) is -4.60. The first-order valence-corrected chi connectivity index (χ1v) is 4.36. The number of halogens is 5. The van der Waals surface area contributed by atoms with Crippen molar-refractivity contribution >= 4 is 36.2 Å². The van der Waals surface area contributed by atoms with Crippen LogP contribution in [0.15, 0.2) is 12.1 Å². The molecule has 4 nitrogen and oxygen atoms in total. The van der Waals surface area contributed by atoms with E-state index in [1.807, 2.05) is 0 Å². The topological polar surface area (TPSA) is 81.5 Å². The lowest BCUT2D eigenvalue weighted by atomic mass is 10.1. The molecule has 0 heterocycles. The molecule has 0 atom stereocenters. The zero-order valence-electron chi connectivity index (χ0n) is 9.03. The van der Waals surface area contributed by atoms with Gasteiger partial charge in [-0.05, 0) is 12.1 Å². The molecule has 0 radical (unpaired) electrons. The van der Waals surface area contributed by atoms with Gasteiger partial charge in [-0.1, -0.05) is 0 Å². The van der Waals surface area contributed by atoms with Gasteiger partial charge < -0.3 is 21.3 Å². The summed E-state index contributed by atoms with van der Waals surface area (Å²) in [6, 6.07) is 1.91. The van der Waals surface area contributed by atoms with Gasteiger partial charge in [0.15, 0.2) is 5.75 Å². The molecular weight excluding hydrogens is 296 g/mol. The molecule has 1 rings (SSSR count). The van der Waals surface area contributed by atoms with Crippen molar-refractivity contribution in [2.75, 3.05) is 24.7 Å². The number of rotatable bonds is 3. The Kier molecular flexibility index (Phi) is 7.93. The zero-order valence-corrected chi connectivity index (χ0v) is 10.7. The molecule has 5 N–H and O–H groups in total. The highest BCUT2D eigenvalue weighted by Crippen LogP contribution is 2.40. The van der Waals surface area contributed by atoms with Crippen LogP contribution >= 0.6 is 24.8 Å². The van der Waals surface area contributed by atoms with Gasteiger partial charge in [-0.3, -0.25) is 0 Å². The van der Waals surface area contributed by atoms with Gasteiger partial charge in [-0.25, -0.2) is 0 Å². The molecule has 0 aromatic heterocycles. The van der Waals surface area contributed by atoms with E-state index in [1.54, 1.807) is 0 Å². The van der Waals surface area contributed by atoms with Crippen LogP contribution in [-0.4, -0.2) is 18.3 Å². The first kappa shape index (κ1) is 19.3. The number of aliphatic hydroxyl groups excluding tert-OH is 1. The number of alkyl halides is 3. The Morgan fingerprint density at radius 2 is 1.72 bits per heavy atom. The summed E-state index contributed by atoms with van der Waals surface area (Å²) in [5.41, 5.74) is 9.29. The standard InChI is InChI=1S/C9H11F3N2O2.2ClH/c10-9(11,12)6-3-5(13)4-7(14)8(6)16-2-1-15;;/h3-4,15H,1-2,13-14H2;2*1H. The maximum Gasteiger partial charge on any atom is 0.420 e. The van der Waals surface area contributed by atoms with E-state index in [1.165, 1.54) is 6.07 Å². The van der Waals surface area contributed by atoms with Crippen LogP contribution in [0.5, 0.6) is 5.75 Å². The highest BCUT2D eigenvalue weighted by molar-refractivity contribution is 5.85. The van der Waals surface area contributed by atoms with Gasteiger partial charge in [0.05, 0.1) is 12.3 Å². The Hall–Kier alpha value is -1.05. The summed E-state index contributed by atoms with van der Waals surface area (Å²) in [5, 5.41) is 8.49. The van der Waals surface area contributed by atoms with Crippen molar-refractivity contribution in [3.05, 3.63) is 17.7 Å². The third kappa shape index (κ3) is 4.67. The van der Waals surface area contributed by atoms with E-state index >= 15 is 0 Å². The van der Waals surface area contributed by atoms with Crippen molar-refractivity contribution in [2.45, 2.75) is 6.18 Å². The van der Waals surface area contributed by atoms with Gasteiger partial charge in [0.1, 0.15) is 12.2 Å². The van der Waals surface area contributed by atoms with E-state index in [9.17, 15) is 13.2 Å². The zero-order chi connectivity index (χ0) is 12.3. The molecule has 0 saturated heterocycles. The summed E-state index contributed by atoms with van der Waals surface area (Å²) in [4.78, 5) is 0. The van der Waals surface area contributed by atoms with Crippen LogP contribution in [0.2, 0.25) is 0 Å². The second kappa shape index (κ2) is 7.40. The first-order valence-electron chi connectivity index (χ1n) is 4.36. The van der Waals surface area contributed by atoms with Crippen LogP contribution < -0.4 is 16.2 Å². The minimum Gasteiger partial charge on any atom is -0.488 e. The van der Waals surface area contributed by atoms with Crippen LogP contribution in [0.3, 0.4) is 0 Å². The van der Waals surface area contributed by atoms with Crippen molar-refractivity contribution in [1.29, 1.82) is 0 Å². The Morgan fingerprint density at radius 1 is 1.17 bits per heavy atom. The monoisotopic (exact) mass is 308 g/mol. The number of nitrogen functional groups attached to an aromatic ring is 2. The second-order valence-corrected chi connectivity index (χ2v) is 3.06. The predicted octanol–water partition coefficient (Wildman–Crippen LogP) is 2.08. The Balaban J connectivity index is 0. The van der Waals surface area contributed by atoms with Gasteiger partial charge in [0.2, 0.25) is 0 Å². The third-order valence-corrected chi connectivity index (χ3v) is 1.78. The number of hydrogen-bond acceptors (Lipinski definition) is 4. The molecule has 0 aliphatic carbocycles. The molecular formula is C9H13Cl2F3N2O2. The van der Waals surface area contributed by atoms with Crippen molar-refractivity contribution in [2.24, 2.45) is 0 Å². The van der Waals surface area contributed by atoms with Crippen LogP contribution in [0.1, 0.15) is 5.56 Å². The van der Waals surface area contributed by atoms with E-state index < -0.39 is 24.1 Å². The molecule has 106 valence electrons. The summed E-state index contributed by atoms with van der Waals surface area (Å²) in [5.74, 6) is -0.504. The quantitative estimate of drug-likeness (QED) is 0.747. The van der Waals surface area contributed by atoms with Gasteiger partial charge >= 0.3 is 6.18 Å². The fourth-order valence-corrected chi connectivity index (χ4v) is 1.19. The summed E-state index contributed by atoms with van der Waals surface area (Å²) >= 11 is 0. The van der Waals surface area contributed by atoms with Gasteiger partial charge in [-0.2, -0.15) is 13.2 Å². The van der Waals surface area contributed by atoms with Crippen LogP contribution in [0.4, 0.5) is 24.5 Å². The summed E-state index contributed by atoms with van der Waals surface area (Å²) in [6.45, 7) is -0.668. The number of nitrogens with two attached hydrogens (primary N) is 2. The molecule has 0 amide bonds. The van der Waals surface area contributed by atoms with Gasteiger partial charge in [0, 0.05) is 5.69 Å². The minimum absolute atomic E-state index is 0. The Labute approximate surface area is 114 Å². The van der Waals surface area contributed by atoms with E-state index in [-0.39, 0.29) is 42.8 Å². The fraction of sp³-hybridized carbons (Fsp3) is 0.333. The fourth-order valence-electron chi connectivity index (χ4n) is 1.19. The minimum atomic E-state index is -4.60. The molecule has 1 aromatic rings. The molecule has 0 aliphatic rings. The predicted molar refractivity (Wildman–Crippen MR) is 67.3 cm³/mol. The number of aliphatic hydroxyl groups is 1. The average Bonchev–Trinajstić information content (AvgIpc) is 2.14. The number of anilines is 2. The number of benzene rings is 1. The second-order valence-electron chi connectivity index (χ2n) is 3.06. The van der Waals surface area contributed by atoms with Crippen molar-refractivity contribution < 1.29 is 23.0 Å². The van der Waals surface area contributed by atoms with E-state index in [0.29, 0.717) is 0 Å². The largest absolute Gasteiger partial charge is 0.488 e. The highest BCUT2D eigenvalue weighted by atomic mass is 35.5. The average molecular weight is 309 g/mol. The first-order chi connectivity index (χ1) is 7.36. The maximum absolute atomic E-state index is 12.6. The van der Waals surface area contributed by atoms with E-state index in [0.717, 1.165) is 6.07 Å². The highest BCUT2D eigenvalue weighted by Gasteiger charge is 2.35. The summed E-state index contributed by atoms with van der Waals surface area (Å²) in [7, 11) is 0. The smallest absolute Gasteiger partial charge is 0.420 e. The Morgan fingerprint density at radius 3 is 2.17 bits per heavy atom. The lowest BCUT2D eigenvalue weighted by Gasteiger charge is -2.16. The number of ether oxygens (including phenoxy) is 1. The molecule has 0 spiro atoms.